The Morgan fingerprint density at radius 2 is 1.70 bits per heavy atom. The summed E-state index contributed by atoms with van der Waals surface area (Å²) in [5.74, 6) is 0.323. The van der Waals surface area contributed by atoms with Gasteiger partial charge in [0.05, 0.1) is 46.3 Å². The summed E-state index contributed by atoms with van der Waals surface area (Å²) >= 11 is 0. The minimum absolute atomic E-state index is 0.0212. The van der Waals surface area contributed by atoms with Crippen molar-refractivity contribution in [2.24, 2.45) is 5.73 Å². The Hall–Kier alpha value is -4.70. The van der Waals surface area contributed by atoms with Crippen LogP contribution < -0.4 is 31.2 Å². The van der Waals surface area contributed by atoms with Gasteiger partial charge in [-0.2, -0.15) is 0 Å². The molecule has 0 spiro atoms. The molecule has 15 heteroatoms. The molecule has 2 heterocycles. The first kappa shape index (κ1) is 46.4. The number of ether oxygens (including phenoxy) is 2. The third kappa shape index (κ3) is 12.0. The molecule has 2 amide bonds. The van der Waals surface area contributed by atoms with Gasteiger partial charge < -0.3 is 40.7 Å². The average Bonchev–Trinajstić information content (AvgIpc) is 3.18. The van der Waals surface area contributed by atoms with Crippen LogP contribution in [0.2, 0.25) is 18.1 Å². The molecular formula is C45H63N5O8SSi. The van der Waals surface area contributed by atoms with Gasteiger partial charge in [0.15, 0.2) is 24.8 Å². The van der Waals surface area contributed by atoms with Gasteiger partial charge in [-0.1, -0.05) is 71.8 Å². The van der Waals surface area contributed by atoms with Crippen molar-refractivity contribution in [2.75, 3.05) is 43.2 Å². The summed E-state index contributed by atoms with van der Waals surface area (Å²) in [6.45, 7) is 14.1. The van der Waals surface area contributed by atoms with Gasteiger partial charge in [-0.3, -0.25) is 14.6 Å². The number of aromatic hydroxyl groups is 1. The smallest absolute Gasteiger partial charge is 0.262 e. The third-order valence-corrected chi connectivity index (χ3v) is 17.8. The first-order valence-corrected chi connectivity index (χ1v) is 25.5. The third-order valence-electron chi connectivity index (χ3n) is 11.5. The minimum atomic E-state index is -3.60. The number of aryl methyl sites for hydroxylation is 1. The Bertz CT molecular complexity index is 2260. The van der Waals surface area contributed by atoms with Crippen molar-refractivity contribution in [3.8, 4) is 17.2 Å². The number of hydrogen-bond donors (Lipinski definition) is 5. The van der Waals surface area contributed by atoms with Gasteiger partial charge in [-0.15, -0.1) is 0 Å². The number of primary amides is 1. The summed E-state index contributed by atoms with van der Waals surface area (Å²) < 4.78 is 45.2. The largest absolute Gasteiger partial charge is 0.508 e. The van der Waals surface area contributed by atoms with E-state index in [1.807, 2.05) is 19.1 Å². The van der Waals surface area contributed by atoms with E-state index in [0.29, 0.717) is 58.0 Å². The second kappa shape index (κ2) is 20.2. The number of carbonyl (C=O) groups is 2. The molecule has 0 radical (unpaired) electrons. The number of fused-ring (bicyclic) bond motifs is 2. The highest BCUT2D eigenvalue weighted by molar-refractivity contribution is 7.91. The van der Waals surface area contributed by atoms with Gasteiger partial charge in [-0.05, 0) is 80.3 Å². The summed E-state index contributed by atoms with van der Waals surface area (Å²) in [7, 11) is -4.24. The molecule has 0 saturated heterocycles. The Balaban J connectivity index is 1.05. The van der Waals surface area contributed by atoms with Crippen molar-refractivity contribution in [1.29, 1.82) is 0 Å². The lowest BCUT2D eigenvalue weighted by atomic mass is 10.0. The van der Waals surface area contributed by atoms with E-state index < -0.39 is 24.1 Å². The van der Waals surface area contributed by atoms with Gasteiger partial charge in [0.25, 0.3) is 11.8 Å². The molecule has 0 aliphatic carbocycles. The monoisotopic (exact) mass is 861 g/mol. The molecule has 5 rings (SSSR count). The van der Waals surface area contributed by atoms with Crippen LogP contribution >= 0.6 is 0 Å². The number of nitrogens with zero attached hydrogens (tertiary/aromatic N) is 1. The van der Waals surface area contributed by atoms with Crippen molar-refractivity contribution in [1.82, 2.24) is 10.3 Å². The number of rotatable bonds is 22. The lowest BCUT2D eigenvalue weighted by Gasteiger charge is -2.40. The fraction of sp³-hybridized carbons (Fsp3) is 0.489. The van der Waals surface area contributed by atoms with Gasteiger partial charge in [0.1, 0.15) is 17.2 Å². The number of benzene rings is 3. The lowest BCUT2D eigenvalue weighted by molar-refractivity contribution is -0.118. The van der Waals surface area contributed by atoms with E-state index in [-0.39, 0.29) is 45.6 Å². The van der Waals surface area contributed by atoms with Crippen LogP contribution in [0.5, 0.6) is 17.2 Å². The van der Waals surface area contributed by atoms with E-state index in [2.05, 4.69) is 54.8 Å². The molecule has 1 aliphatic heterocycles. The van der Waals surface area contributed by atoms with Crippen molar-refractivity contribution in [3.05, 3.63) is 71.4 Å². The van der Waals surface area contributed by atoms with Crippen molar-refractivity contribution in [2.45, 2.75) is 115 Å². The molecule has 0 saturated carbocycles. The molecule has 13 nitrogen and oxygen atoms in total. The highest BCUT2D eigenvalue weighted by Gasteiger charge is 2.40. The van der Waals surface area contributed by atoms with Crippen LogP contribution in [0.15, 0.2) is 59.6 Å². The van der Waals surface area contributed by atoms with Crippen LogP contribution in [0.4, 0.5) is 17.1 Å². The molecule has 1 atom stereocenters. The number of sulfone groups is 1. The summed E-state index contributed by atoms with van der Waals surface area (Å²) in [4.78, 5) is 29.1. The average molecular weight is 862 g/mol. The molecule has 1 aliphatic rings. The maximum atomic E-state index is 13.6. The summed E-state index contributed by atoms with van der Waals surface area (Å²) in [6.07, 6.45) is 9.92. The number of phenols is 1. The topological polar surface area (TPSA) is 191 Å². The minimum Gasteiger partial charge on any atom is -0.508 e. The van der Waals surface area contributed by atoms with E-state index in [1.54, 1.807) is 37.4 Å². The molecule has 326 valence electrons. The Labute approximate surface area is 356 Å². The predicted octanol–water partition coefficient (Wildman–Crippen LogP) is 9.07. The molecule has 60 heavy (non-hydrogen) atoms. The number of unbranched alkanes of at least 4 members (excludes halogenated alkanes) is 8. The predicted molar refractivity (Wildman–Crippen MR) is 241 cm³/mol. The maximum absolute atomic E-state index is 13.6. The zero-order valence-electron chi connectivity index (χ0n) is 36.2. The fourth-order valence-electron chi connectivity index (χ4n) is 7.12. The number of anilines is 3. The number of phenolic OH excluding ortho intramolecular Hbond substituents is 1. The normalized spacial score (nSPS) is 13.7. The zero-order valence-corrected chi connectivity index (χ0v) is 38.0. The fourth-order valence-corrected chi connectivity index (χ4v) is 9.87. The molecule has 4 aromatic rings. The summed E-state index contributed by atoms with van der Waals surface area (Å²) in [5, 5.41) is 20.6. The highest BCUT2D eigenvalue weighted by atomic mass is 32.2. The Morgan fingerprint density at radius 3 is 2.37 bits per heavy atom. The van der Waals surface area contributed by atoms with Crippen LogP contribution in [0, 0.1) is 6.92 Å². The van der Waals surface area contributed by atoms with E-state index in [9.17, 15) is 23.1 Å². The van der Waals surface area contributed by atoms with Crippen molar-refractivity contribution >= 4 is 57.9 Å². The number of nitrogens with one attached hydrogen (secondary N) is 3. The number of carbonyl (C=O) groups excluding carboxylic acids is 2. The van der Waals surface area contributed by atoms with Gasteiger partial charge in [-0.25, -0.2) is 8.42 Å². The summed E-state index contributed by atoms with van der Waals surface area (Å²) in [5.41, 5.74) is 9.39. The van der Waals surface area contributed by atoms with Crippen LogP contribution in [0.1, 0.15) is 106 Å². The van der Waals surface area contributed by atoms with E-state index in [1.165, 1.54) is 12.3 Å². The molecule has 0 fully saturated rings. The number of pyridine rings is 1. The highest BCUT2D eigenvalue weighted by Crippen LogP contribution is 2.44. The van der Waals surface area contributed by atoms with Gasteiger partial charge in [0, 0.05) is 41.5 Å². The number of nitrogens with two attached hydrogens (primary N) is 1. The maximum Gasteiger partial charge on any atom is 0.262 e. The zero-order chi connectivity index (χ0) is 43.7. The quantitative estimate of drug-likeness (QED) is 0.0374. The van der Waals surface area contributed by atoms with Gasteiger partial charge >= 0.3 is 0 Å². The Kier molecular flexibility index (Phi) is 15.6. The summed E-state index contributed by atoms with van der Waals surface area (Å²) in [6, 6.07) is 13.6. The molecule has 1 aromatic heterocycles. The second-order valence-corrected chi connectivity index (χ2v) is 24.1. The number of hydrogen-bond acceptors (Lipinski definition) is 11. The van der Waals surface area contributed by atoms with Crippen LogP contribution in [0.3, 0.4) is 0 Å². The molecule has 0 bridgehead atoms. The Morgan fingerprint density at radius 1 is 1.02 bits per heavy atom. The molecule has 6 N–H and O–H groups in total. The van der Waals surface area contributed by atoms with Gasteiger partial charge in [0.2, 0.25) is 0 Å². The van der Waals surface area contributed by atoms with Crippen LogP contribution in [-0.4, -0.2) is 71.2 Å². The molecule has 1 unspecified atom stereocenters. The first-order valence-electron chi connectivity index (χ1n) is 21.0. The molecule has 3 aromatic carbocycles. The van der Waals surface area contributed by atoms with Crippen molar-refractivity contribution in [3.63, 3.8) is 0 Å². The van der Waals surface area contributed by atoms with E-state index in [4.69, 9.17) is 19.6 Å². The lowest BCUT2D eigenvalue weighted by Crippen LogP contribution is -2.43. The van der Waals surface area contributed by atoms with Crippen LogP contribution in [-0.2, 0) is 19.1 Å². The first-order chi connectivity index (χ1) is 28.4. The standard InChI is InChI=1S/C45H63N5O8SSi/c1-30-22-34(26-36-41(30)48-27-37(44(46)53)42(36)49-31-18-17-19-33(23-31)56-5)59(54,55)21-16-14-12-10-8-9-11-13-15-20-47-28-39(58-60(6,7)45(2,3)4)35-24-32(51)25-38-43(35)57-29-40(52)50-38/h17-19,22-27,39,47,51H,8-16,20-21,28-29H2,1-7H3,(H2,46,53)(H,48,49)(H,50,52). The second-order valence-electron chi connectivity index (χ2n) is 17.2. The number of methoxy groups -OCH3 is 1. The van der Waals surface area contributed by atoms with Crippen molar-refractivity contribution < 1.29 is 37.0 Å². The number of amides is 2. The van der Waals surface area contributed by atoms with E-state index in [0.717, 1.165) is 63.5 Å². The SMILES string of the molecule is COc1cccc(Nc2c(C(N)=O)cnc3c(C)cc(S(=O)(=O)CCCCCCCCCCCNCC(O[Si](C)(C)C(C)(C)C)c4cc(O)cc5c4OCC(=O)N5)cc23)c1. The van der Waals surface area contributed by atoms with Crippen LogP contribution in [0.25, 0.3) is 10.9 Å². The number of aromatic nitrogens is 1. The molecular weight excluding hydrogens is 799 g/mol. The van der Waals surface area contributed by atoms with E-state index >= 15 is 0 Å².